The van der Waals surface area contributed by atoms with Gasteiger partial charge in [-0.05, 0) is 106 Å². The Bertz CT molecular complexity index is 1950. The van der Waals surface area contributed by atoms with Crippen LogP contribution < -0.4 is 30.4 Å². The van der Waals surface area contributed by atoms with Gasteiger partial charge in [0.25, 0.3) is 5.91 Å². The van der Waals surface area contributed by atoms with Crippen LogP contribution in [0.15, 0.2) is 42.5 Å². The molecule has 6 rings (SSSR count). The summed E-state index contributed by atoms with van der Waals surface area (Å²) in [5.74, 6) is 4.72. The lowest BCUT2D eigenvalue weighted by molar-refractivity contribution is 0.0773. The molecule has 3 aliphatic heterocycles. The quantitative estimate of drug-likeness (QED) is 0.156. The Balaban J connectivity index is 1.42. The molecule has 46 heavy (non-hydrogen) atoms. The van der Waals surface area contributed by atoms with Crippen LogP contribution in [0.3, 0.4) is 0 Å². The highest BCUT2D eigenvalue weighted by atomic mass is 28.3. The Kier molecular flexibility index (Phi) is 8.70. The minimum Gasteiger partial charge on any atom is -0.374 e. The first kappa shape index (κ1) is 31.8. The zero-order valence-corrected chi connectivity index (χ0v) is 29.0. The molecule has 1 atom stereocenters. The third-order valence-corrected chi connectivity index (χ3v) is 14.0. The summed E-state index contributed by atoms with van der Waals surface area (Å²) in [6.45, 7) is 10.0. The smallest absolute Gasteiger partial charge is 0.254 e. The monoisotopic (exact) mass is 630 g/mol. The highest BCUT2D eigenvalue weighted by Gasteiger charge is 2.38. The van der Waals surface area contributed by atoms with E-state index in [1.165, 1.54) is 54.5 Å². The largest absolute Gasteiger partial charge is 0.374 e. The summed E-state index contributed by atoms with van der Waals surface area (Å²) in [5, 5.41) is 5.71. The van der Waals surface area contributed by atoms with Crippen molar-refractivity contribution in [2.75, 3.05) is 45.2 Å². The van der Waals surface area contributed by atoms with Gasteiger partial charge < -0.3 is 9.80 Å². The number of halogens is 1. The number of carbonyl (C=O) groups excluding carboxylic acids is 1. The molecule has 0 radical (unpaired) electrons. The SMILES string of the molecule is C#CCN(CCCCCC(F)C#C)C(=O)c1ccc(C2=c3cc4c(cc3[Si](C)(C)c3cc5c(cc32)CCN5C)=[N+](C)CC4)c(C)c1. The van der Waals surface area contributed by atoms with Gasteiger partial charge in [0.1, 0.15) is 21.7 Å². The number of carbonyl (C=O) groups is 1. The second kappa shape index (κ2) is 12.6. The maximum absolute atomic E-state index is 13.7. The molecule has 0 fully saturated rings. The number of benzene rings is 3. The molecule has 1 amide bonds. The van der Waals surface area contributed by atoms with Gasteiger partial charge in [0.05, 0.1) is 6.54 Å². The maximum Gasteiger partial charge on any atom is 0.254 e. The molecular formula is C40H45FN3OSi+. The van der Waals surface area contributed by atoms with Gasteiger partial charge in [0, 0.05) is 49.4 Å². The van der Waals surface area contributed by atoms with E-state index in [4.69, 9.17) is 12.8 Å². The number of nitrogens with zero attached hydrogens (tertiary/aromatic N) is 3. The summed E-state index contributed by atoms with van der Waals surface area (Å²) in [4.78, 5) is 17.9. The number of aryl methyl sites for hydroxylation is 1. The lowest BCUT2D eigenvalue weighted by Crippen LogP contribution is -2.63. The number of hydrogen-bond donors (Lipinski definition) is 0. The van der Waals surface area contributed by atoms with E-state index in [9.17, 15) is 9.18 Å². The van der Waals surface area contributed by atoms with E-state index in [1.54, 1.807) is 4.90 Å². The van der Waals surface area contributed by atoms with Crippen LogP contribution in [0, 0.1) is 31.6 Å². The van der Waals surface area contributed by atoms with E-state index < -0.39 is 14.2 Å². The van der Waals surface area contributed by atoms with Crippen LogP contribution in [0.25, 0.3) is 5.57 Å². The van der Waals surface area contributed by atoms with E-state index in [0.717, 1.165) is 44.3 Å². The summed E-state index contributed by atoms with van der Waals surface area (Å²) in [7, 11) is 2.38. The van der Waals surface area contributed by atoms with E-state index in [2.05, 4.69) is 85.8 Å². The number of rotatable bonds is 9. The zero-order chi connectivity index (χ0) is 32.7. The summed E-state index contributed by atoms with van der Waals surface area (Å²) >= 11 is 0. The first-order valence-electron chi connectivity index (χ1n) is 16.6. The minimum absolute atomic E-state index is 0.0655. The van der Waals surface area contributed by atoms with Crippen LogP contribution in [0.4, 0.5) is 10.1 Å². The van der Waals surface area contributed by atoms with Crippen molar-refractivity contribution >= 4 is 35.6 Å². The molecule has 3 heterocycles. The normalized spacial score (nSPS) is 16.2. The van der Waals surface area contributed by atoms with Crippen LogP contribution in [0.1, 0.15) is 63.9 Å². The van der Waals surface area contributed by atoms with E-state index in [1.807, 2.05) is 12.1 Å². The average molecular weight is 631 g/mol. The van der Waals surface area contributed by atoms with E-state index in [-0.39, 0.29) is 12.5 Å². The maximum atomic E-state index is 13.7. The molecule has 3 aromatic rings. The summed E-state index contributed by atoms with van der Waals surface area (Å²) in [6.07, 6.45) is 14.3. The van der Waals surface area contributed by atoms with Gasteiger partial charge in [-0.25, -0.2) is 8.97 Å². The van der Waals surface area contributed by atoms with Gasteiger partial charge in [-0.3, -0.25) is 4.79 Å². The number of likely N-dealkylation sites (N-methyl/N-ethyl adjacent to an activating group) is 2. The molecular weight excluding hydrogens is 586 g/mol. The highest BCUT2D eigenvalue weighted by molar-refractivity contribution is 7.01. The lowest BCUT2D eigenvalue weighted by Gasteiger charge is -2.34. The molecule has 3 aromatic carbocycles. The number of amides is 1. The van der Waals surface area contributed by atoms with Crippen LogP contribution in [0.5, 0.6) is 0 Å². The predicted octanol–water partition coefficient (Wildman–Crippen LogP) is 3.65. The van der Waals surface area contributed by atoms with Crippen molar-refractivity contribution in [2.24, 2.45) is 0 Å². The van der Waals surface area contributed by atoms with Gasteiger partial charge in [-0.1, -0.05) is 37.4 Å². The number of unbranched alkanes of at least 4 members (excludes halogenated alkanes) is 2. The first-order chi connectivity index (χ1) is 22.0. The Hall–Kier alpha value is -4.13. The summed E-state index contributed by atoms with van der Waals surface area (Å²) < 4.78 is 15.8. The minimum atomic E-state index is -2.03. The Labute approximate surface area is 274 Å². The zero-order valence-electron chi connectivity index (χ0n) is 28.0. The number of fused-ring (bicyclic) bond motifs is 4. The third kappa shape index (κ3) is 5.58. The van der Waals surface area contributed by atoms with Gasteiger partial charge in [0.2, 0.25) is 5.36 Å². The Morgan fingerprint density at radius 1 is 1.04 bits per heavy atom. The van der Waals surface area contributed by atoms with Gasteiger partial charge in [-0.15, -0.1) is 12.8 Å². The molecule has 236 valence electrons. The second-order valence-corrected chi connectivity index (χ2v) is 18.2. The van der Waals surface area contributed by atoms with Crippen molar-refractivity contribution in [3.05, 3.63) is 86.4 Å². The van der Waals surface area contributed by atoms with Crippen LogP contribution in [0.2, 0.25) is 13.1 Å². The number of alkyl halides is 1. The van der Waals surface area contributed by atoms with Crippen molar-refractivity contribution < 1.29 is 9.18 Å². The summed E-state index contributed by atoms with van der Waals surface area (Å²) in [6, 6.07) is 16.1. The molecule has 4 nitrogen and oxygen atoms in total. The number of hydrogen-bond acceptors (Lipinski definition) is 2. The molecule has 0 aliphatic carbocycles. The van der Waals surface area contributed by atoms with Crippen molar-refractivity contribution in [3.8, 4) is 24.7 Å². The topological polar surface area (TPSA) is 26.6 Å². The lowest BCUT2D eigenvalue weighted by atomic mass is 9.89. The second-order valence-electron chi connectivity index (χ2n) is 13.8. The Morgan fingerprint density at radius 3 is 2.59 bits per heavy atom. The summed E-state index contributed by atoms with van der Waals surface area (Å²) in [5.41, 5.74) is 9.77. The highest BCUT2D eigenvalue weighted by Crippen LogP contribution is 2.34. The molecule has 1 unspecified atom stereocenters. The molecule has 6 heteroatoms. The first-order valence-corrected chi connectivity index (χ1v) is 19.6. The van der Waals surface area contributed by atoms with Crippen molar-refractivity contribution in [1.29, 1.82) is 0 Å². The molecule has 3 aliphatic rings. The van der Waals surface area contributed by atoms with Crippen LogP contribution >= 0.6 is 0 Å². The van der Waals surface area contributed by atoms with Gasteiger partial charge in [-0.2, -0.15) is 0 Å². The van der Waals surface area contributed by atoms with E-state index >= 15 is 0 Å². The number of anilines is 1. The fourth-order valence-electron chi connectivity index (χ4n) is 7.73. The van der Waals surface area contributed by atoms with Crippen LogP contribution in [-0.2, 0) is 12.8 Å². The molecule has 0 bridgehead atoms. The third-order valence-electron chi connectivity index (χ3n) is 10.5. The fourth-order valence-corrected chi connectivity index (χ4v) is 10.8. The molecule has 0 saturated heterocycles. The van der Waals surface area contributed by atoms with E-state index in [0.29, 0.717) is 24.9 Å². The van der Waals surface area contributed by atoms with Crippen LogP contribution in [-0.4, -0.2) is 65.3 Å². The molecule has 0 spiro atoms. The van der Waals surface area contributed by atoms with Crippen molar-refractivity contribution in [2.45, 2.75) is 64.7 Å². The molecule has 0 N–H and O–H groups in total. The van der Waals surface area contributed by atoms with Gasteiger partial charge in [0.15, 0.2) is 6.17 Å². The standard InChI is InChI=1S/C40H45FN3OSi/c1-8-18-44(19-12-10-11-13-31(41)9-2)40(45)30-14-15-32(27(3)22-30)39-33-23-28-16-20-42(4)35(28)25-37(33)46(6,7)38-26-36-29(24-34(38)39)17-21-43(36)5/h1-2,14-15,22-26,31H,10-13,16-21H2,3-7H3/q+1. The van der Waals surface area contributed by atoms with Crippen molar-refractivity contribution in [1.82, 2.24) is 9.48 Å². The molecule has 0 aromatic heterocycles. The number of terminal acetylenes is 2. The van der Waals surface area contributed by atoms with Crippen molar-refractivity contribution in [3.63, 3.8) is 0 Å². The average Bonchev–Trinajstić information content (AvgIpc) is 3.60. The Morgan fingerprint density at radius 2 is 1.85 bits per heavy atom. The fraction of sp³-hybridized carbons (Fsp3) is 0.400. The van der Waals surface area contributed by atoms with Gasteiger partial charge >= 0.3 is 0 Å². The molecule has 0 saturated carbocycles. The predicted molar refractivity (Wildman–Crippen MR) is 191 cm³/mol.